The number of nitrogens with one attached hydrogen (secondary N) is 1. The van der Waals surface area contributed by atoms with Gasteiger partial charge < -0.3 is 11.1 Å². The van der Waals surface area contributed by atoms with Crippen molar-refractivity contribution in [3.05, 3.63) is 0 Å². The quantitative estimate of drug-likeness (QED) is 0.735. The Labute approximate surface area is 117 Å². The van der Waals surface area contributed by atoms with Crippen LogP contribution in [0.3, 0.4) is 0 Å². The maximum atomic E-state index is 11.8. The van der Waals surface area contributed by atoms with Crippen LogP contribution in [0.15, 0.2) is 0 Å². The first-order valence-corrected chi connectivity index (χ1v) is 7.79. The molecule has 19 heavy (non-hydrogen) atoms. The van der Waals surface area contributed by atoms with Gasteiger partial charge in [-0.2, -0.15) is 0 Å². The van der Waals surface area contributed by atoms with Crippen molar-refractivity contribution in [3.8, 4) is 0 Å². The normalized spacial score (nSPS) is 31.3. The van der Waals surface area contributed by atoms with Gasteiger partial charge in [-0.1, -0.05) is 20.8 Å². The first-order chi connectivity index (χ1) is 8.98. The van der Waals surface area contributed by atoms with Crippen LogP contribution in [0.4, 0.5) is 0 Å². The van der Waals surface area contributed by atoms with E-state index in [-0.39, 0.29) is 5.91 Å². The molecule has 2 saturated carbocycles. The van der Waals surface area contributed by atoms with Crippen LogP contribution < -0.4 is 11.1 Å². The Balaban J connectivity index is 2.03. The highest BCUT2D eigenvalue weighted by molar-refractivity contribution is 5.85. The van der Waals surface area contributed by atoms with Gasteiger partial charge in [-0.25, -0.2) is 0 Å². The second-order valence-electron chi connectivity index (χ2n) is 6.70. The van der Waals surface area contributed by atoms with E-state index in [2.05, 4.69) is 24.1 Å². The predicted octanol–water partition coefficient (Wildman–Crippen LogP) is 1.49. The summed E-state index contributed by atoms with van der Waals surface area (Å²) in [5.41, 5.74) is 5.20. The molecule has 0 heterocycles. The number of nitrogens with two attached hydrogens (primary N) is 1. The maximum Gasteiger partial charge on any atom is 0.237 e. The van der Waals surface area contributed by atoms with Gasteiger partial charge in [0, 0.05) is 18.6 Å². The highest BCUT2D eigenvalue weighted by Gasteiger charge is 2.47. The van der Waals surface area contributed by atoms with Crippen molar-refractivity contribution in [3.63, 3.8) is 0 Å². The predicted molar refractivity (Wildman–Crippen MR) is 77.8 cm³/mol. The van der Waals surface area contributed by atoms with E-state index < -0.39 is 5.54 Å². The Bertz CT molecular complexity index is 327. The van der Waals surface area contributed by atoms with Crippen LogP contribution in [-0.2, 0) is 4.79 Å². The smallest absolute Gasteiger partial charge is 0.237 e. The minimum absolute atomic E-state index is 0.169. The molecule has 2 atom stereocenters. The van der Waals surface area contributed by atoms with Crippen molar-refractivity contribution < 1.29 is 4.79 Å². The lowest BCUT2D eigenvalue weighted by atomic mass is 9.96. The summed E-state index contributed by atoms with van der Waals surface area (Å²) in [4.78, 5) is 14.5. The second kappa shape index (κ2) is 5.80. The van der Waals surface area contributed by atoms with E-state index in [0.29, 0.717) is 12.0 Å². The zero-order valence-electron chi connectivity index (χ0n) is 12.6. The van der Waals surface area contributed by atoms with E-state index in [1.165, 1.54) is 12.8 Å². The fraction of sp³-hybridized carbons (Fsp3) is 0.933. The summed E-state index contributed by atoms with van der Waals surface area (Å²) in [5, 5.41) is 3.35. The standard InChI is InChI=1S/C15H29N3O/c1-4-17-15(14(16)19)8-7-13(9-15)18(10-11(2)3)12-5-6-12/h11-13,17H,4-10H2,1-3H3,(H2,16,19). The average molecular weight is 267 g/mol. The Kier molecular flexibility index (Phi) is 4.51. The monoisotopic (exact) mass is 267 g/mol. The number of hydrogen-bond donors (Lipinski definition) is 2. The van der Waals surface area contributed by atoms with Gasteiger partial charge in [0.15, 0.2) is 0 Å². The van der Waals surface area contributed by atoms with E-state index in [9.17, 15) is 4.79 Å². The van der Waals surface area contributed by atoms with Crippen molar-refractivity contribution in [2.24, 2.45) is 11.7 Å². The van der Waals surface area contributed by atoms with Crippen LogP contribution in [0.25, 0.3) is 0 Å². The minimum atomic E-state index is -0.455. The number of hydrogen-bond acceptors (Lipinski definition) is 3. The lowest BCUT2D eigenvalue weighted by Crippen LogP contribution is -2.54. The molecule has 1 amide bonds. The van der Waals surface area contributed by atoms with Crippen molar-refractivity contribution in [2.45, 2.75) is 70.5 Å². The molecule has 0 aliphatic heterocycles. The van der Waals surface area contributed by atoms with Crippen LogP contribution >= 0.6 is 0 Å². The number of amides is 1. The third-order valence-corrected chi connectivity index (χ3v) is 4.54. The Hall–Kier alpha value is -0.610. The highest BCUT2D eigenvalue weighted by atomic mass is 16.1. The van der Waals surface area contributed by atoms with Crippen molar-refractivity contribution >= 4 is 5.91 Å². The molecule has 2 unspecified atom stereocenters. The second-order valence-corrected chi connectivity index (χ2v) is 6.70. The van der Waals surface area contributed by atoms with Crippen LogP contribution in [0, 0.1) is 5.92 Å². The van der Waals surface area contributed by atoms with Gasteiger partial charge in [-0.05, 0) is 44.6 Å². The molecule has 0 aromatic rings. The summed E-state index contributed by atoms with van der Waals surface area (Å²) in [7, 11) is 0. The maximum absolute atomic E-state index is 11.8. The molecule has 2 rings (SSSR count). The molecule has 0 aromatic heterocycles. The van der Waals surface area contributed by atoms with E-state index in [0.717, 1.165) is 38.4 Å². The zero-order chi connectivity index (χ0) is 14.0. The fourth-order valence-corrected chi connectivity index (χ4v) is 3.54. The van der Waals surface area contributed by atoms with Gasteiger partial charge in [-0.15, -0.1) is 0 Å². The molecule has 0 aromatic carbocycles. The summed E-state index contributed by atoms with van der Waals surface area (Å²) in [6.45, 7) is 8.55. The largest absolute Gasteiger partial charge is 0.368 e. The molecular formula is C15H29N3O. The van der Waals surface area contributed by atoms with Crippen LogP contribution in [0.1, 0.15) is 52.9 Å². The van der Waals surface area contributed by atoms with E-state index >= 15 is 0 Å². The van der Waals surface area contributed by atoms with Gasteiger partial charge >= 0.3 is 0 Å². The van der Waals surface area contributed by atoms with Crippen LogP contribution in [0.5, 0.6) is 0 Å². The third kappa shape index (κ3) is 3.29. The summed E-state index contributed by atoms with van der Waals surface area (Å²) in [6, 6.07) is 1.29. The Morgan fingerprint density at radius 1 is 1.37 bits per heavy atom. The van der Waals surface area contributed by atoms with Gasteiger partial charge in [0.25, 0.3) is 0 Å². The SMILES string of the molecule is CCNC1(C(N)=O)CCC(N(CC(C)C)C2CC2)C1. The lowest BCUT2D eigenvalue weighted by molar-refractivity contribution is -0.124. The molecule has 0 bridgehead atoms. The zero-order valence-corrected chi connectivity index (χ0v) is 12.6. The molecule has 110 valence electrons. The average Bonchev–Trinajstić information content (AvgIpc) is 3.07. The van der Waals surface area contributed by atoms with Crippen molar-refractivity contribution in [1.82, 2.24) is 10.2 Å². The molecule has 2 aliphatic carbocycles. The van der Waals surface area contributed by atoms with Gasteiger partial charge in [0.1, 0.15) is 0 Å². The molecule has 4 heteroatoms. The highest BCUT2D eigenvalue weighted by Crippen LogP contribution is 2.38. The number of likely N-dealkylation sites (N-methyl/N-ethyl adjacent to an activating group) is 1. The molecule has 0 spiro atoms. The first kappa shape index (κ1) is 14.8. The first-order valence-electron chi connectivity index (χ1n) is 7.79. The molecule has 2 aliphatic rings. The molecule has 3 N–H and O–H groups in total. The van der Waals surface area contributed by atoms with Gasteiger partial charge in [0.2, 0.25) is 5.91 Å². The number of carbonyl (C=O) groups excluding carboxylic acids is 1. The van der Waals surface area contributed by atoms with E-state index in [1.807, 2.05) is 6.92 Å². The van der Waals surface area contributed by atoms with Crippen molar-refractivity contribution in [2.75, 3.05) is 13.1 Å². The summed E-state index contributed by atoms with van der Waals surface area (Å²) >= 11 is 0. The Morgan fingerprint density at radius 3 is 2.53 bits per heavy atom. The minimum Gasteiger partial charge on any atom is -0.368 e. The number of rotatable bonds is 7. The van der Waals surface area contributed by atoms with Crippen LogP contribution in [0.2, 0.25) is 0 Å². The number of carbonyl (C=O) groups is 1. The lowest BCUT2D eigenvalue weighted by Gasteiger charge is -2.33. The van der Waals surface area contributed by atoms with Crippen molar-refractivity contribution in [1.29, 1.82) is 0 Å². The molecule has 4 nitrogen and oxygen atoms in total. The Morgan fingerprint density at radius 2 is 2.05 bits per heavy atom. The van der Waals surface area contributed by atoms with Crippen LogP contribution in [-0.4, -0.2) is 41.5 Å². The fourth-order valence-electron chi connectivity index (χ4n) is 3.54. The molecule has 0 saturated heterocycles. The summed E-state index contributed by atoms with van der Waals surface area (Å²) < 4.78 is 0. The number of primary amides is 1. The molecule has 0 radical (unpaired) electrons. The topological polar surface area (TPSA) is 58.4 Å². The molecule has 2 fully saturated rings. The van der Waals surface area contributed by atoms with E-state index in [4.69, 9.17) is 5.73 Å². The van der Waals surface area contributed by atoms with Gasteiger partial charge in [-0.3, -0.25) is 9.69 Å². The van der Waals surface area contributed by atoms with Gasteiger partial charge in [0.05, 0.1) is 5.54 Å². The third-order valence-electron chi connectivity index (χ3n) is 4.54. The summed E-state index contributed by atoms with van der Waals surface area (Å²) in [6.07, 6.45) is 5.53. The van der Waals surface area contributed by atoms with E-state index in [1.54, 1.807) is 0 Å². The summed E-state index contributed by atoms with van der Waals surface area (Å²) in [5.74, 6) is 0.514. The number of nitrogens with zero attached hydrogens (tertiary/aromatic N) is 1. The molecular weight excluding hydrogens is 238 g/mol.